The topological polar surface area (TPSA) is 63.6 Å². The molecule has 2 rings (SSSR count). The monoisotopic (exact) mass is 325 g/mol. The van der Waals surface area contributed by atoms with Gasteiger partial charge in [0, 0.05) is 18.9 Å². The molecule has 2 heterocycles. The molecule has 0 fully saturated rings. The lowest BCUT2D eigenvalue weighted by molar-refractivity contribution is 0.934. The molecule has 0 aliphatic rings. The summed E-state index contributed by atoms with van der Waals surface area (Å²) < 4.78 is 0.843. The van der Waals surface area contributed by atoms with Crippen LogP contribution >= 0.6 is 27.7 Å². The number of nitrogens with one attached hydrogen (secondary N) is 1. The van der Waals surface area contributed by atoms with Gasteiger partial charge in [-0.2, -0.15) is 0 Å². The maximum absolute atomic E-state index is 4.23. The summed E-state index contributed by atoms with van der Waals surface area (Å²) in [6.45, 7) is 2.98. The van der Waals surface area contributed by atoms with E-state index in [2.05, 4.69) is 48.1 Å². The van der Waals surface area contributed by atoms with E-state index in [4.69, 9.17) is 0 Å². The van der Waals surface area contributed by atoms with Gasteiger partial charge in [0.15, 0.2) is 5.16 Å². The van der Waals surface area contributed by atoms with Crippen molar-refractivity contribution >= 4 is 33.5 Å². The first-order valence-corrected chi connectivity index (χ1v) is 7.11. The number of halogens is 1. The Morgan fingerprint density at radius 1 is 1.22 bits per heavy atom. The van der Waals surface area contributed by atoms with Crippen molar-refractivity contribution in [1.82, 2.24) is 19.9 Å². The van der Waals surface area contributed by atoms with E-state index in [9.17, 15) is 0 Å². The van der Waals surface area contributed by atoms with Crippen LogP contribution in [0, 0.1) is 0 Å². The third kappa shape index (κ3) is 3.39. The summed E-state index contributed by atoms with van der Waals surface area (Å²) in [5.74, 6) is 0.797. The highest BCUT2D eigenvalue weighted by molar-refractivity contribution is 9.10. The van der Waals surface area contributed by atoms with Crippen molar-refractivity contribution < 1.29 is 0 Å². The second-order valence-corrected chi connectivity index (χ2v) is 5.15. The molecule has 0 amide bonds. The quantitative estimate of drug-likeness (QED) is 0.673. The third-order valence-electron chi connectivity index (χ3n) is 2.03. The minimum Gasteiger partial charge on any atom is -0.369 e. The van der Waals surface area contributed by atoms with Gasteiger partial charge in [0.25, 0.3) is 0 Å². The van der Waals surface area contributed by atoms with Crippen molar-refractivity contribution in [2.24, 2.45) is 0 Å². The van der Waals surface area contributed by atoms with Gasteiger partial charge in [0.1, 0.15) is 17.2 Å². The third-order valence-corrected chi connectivity index (χ3v) is 3.94. The Balaban J connectivity index is 2.18. The SMILES string of the molecule is CCCNc1ncnc(Sc2ncccn2)c1Br. The fourth-order valence-electron chi connectivity index (χ4n) is 1.22. The summed E-state index contributed by atoms with van der Waals surface area (Å²) >= 11 is 4.91. The maximum Gasteiger partial charge on any atom is 0.193 e. The lowest BCUT2D eigenvalue weighted by Crippen LogP contribution is -2.03. The molecule has 0 aromatic carbocycles. The zero-order valence-corrected chi connectivity index (χ0v) is 12.2. The second-order valence-electron chi connectivity index (χ2n) is 3.40. The first kappa shape index (κ1) is 13.2. The molecule has 0 aliphatic carbocycles. The highest BCUT2D eigenvalue weighted by atomic mass is 79.9. The van der Waals surface area contributed by atoms with Crippen LogP contribution in [-0.2, 0) is 0 Å². The van der Waals surface area contributed by atoms with Crippen molar-refractivity contribution in [3.05, 3.63) is 29.3 Å². The van der Waals surface area contributed by atoms with Gasteiger partial charge < -0.3 is 5.32 Å². The molecule has 0 bridgehead atoms. The zero-order chi connectivity index (χ0) is 12.8. The predicted octanol–water partition coefficient (Wildman–Crippen LogP) is 3.00. The summed E-state index contributed by atoms with van der Waals surface area (Å²) in [4.78, 5) is 16.7. The van der Waals surface area contributed by atoms with Crippen LogP contribution in [0.5, 0.6) is 0 Å². The van der Waals surface area contributed by atoms with Gasteiger partial charge in [0.05, 0.1) is 4.47 Å². The summed E-state index contributed by atoms with van der Waals surface area (Å²) in [5, 5.41) is 4.70. The second kappa shape index (κ2) is 6.65. The predicted molar refractivity (Wildman–Crippen MR) is 74.7 cm³/mol. The van der Waals surface area contributed by atoms with E-state index in [1.807, 2.05) is 0 Å². The molecule has 0 saturated heterocycles. The number of nitrogens with zero attached hydrogens (tertiary/aromatic N) is 4. The van der Waals surface area contributed by atoms with E-state index in [0.717, 1.165) is 28.3 Å². The Morgan fingerprint density at radius 2 is 2.00 bits per heavy atom. The molecule has 5 nitrogen and oxygen atoms in total. The average molecular weight is 326 g/mol. The van der Waals surface area contributed by atoms with E-state index in [0.29, 0.717) is 5.16 Å². The molecule has 2 aromatic rings. The van der Waals surface area contributed by atoms with E-state index in [1.165, 1.54) is 18.1 Å². The van der Waals surface area contributed by atoms with Gasteiger partial charge in [-0.3, -0.25) is 0 Å². The van der Waals surface area contributed by atoms with Crippen molar-refractivity contribution in [2.75, 3.05) is 11.9 Å². The van der Waals surface area contributed by atoms with Gasteiger partial charge in [-0.05, 0) is 40.2 Å². The number of hydrogen-bond acceptors (Lipinski definition) is 6. The Kier molecular flexibility index (Phi) is 4.89. The molecule has 0 aliphatic heterocycles. The molecule has 7 heteroatoms. The van der Waals surface area contributed by atoms with Crippen LogP contribution in [0.15, 0.2) is 39.4 Å². The first-order chi connectivity index (χ1) is 8.81. The van der Waals surface area contributed by atoms with Crippen molar-refractivity contribution in [2.45, 2.75) is 23.5 Å². The largest absolute Gasteiger partial charge is 0.369 e. The molecule has 0 saturated carbocycles. The number of hydrogen-bond donors (Lipinski definition) is 1. The summed E-state index contributed by atoms with van der Waals surface area (Å²) in [7, 11) is 0. The van der Waals surface area contributed by atoms with Crippen LogP contribution in [0.1, 0.15) is 13.3 Å². The Hall–Kier alpha value is -1.21. The zero-order valence-electron chi connectivity index (χ0n) is 9.80. The molecular formula is C11H12BrN5S. The van der Waals surface area contributed by atoms with E-state index in [-0.39, 0.29) is 0 Å². The van der Waals surface area contributed by atoms with Crippen molar-refractivity contribution in [3.8, 4) is 0 Å². The molecule has 0 atom stereocenters. The van der Waals surface area contributed by atoms with Crippen LogP contribution in [-0.4, -0.2) is 26.5 Å². The van der Waals surface area contributed by atoms with E-state index >= 15 is 0 Å². The van der Waals surface area contributed by atoms with Gasteiger partial charge >= 0.3 is 0 Å². The van der Waals surface area contributed by atoms with E-state index in [1.54, 1.807) is 18.5 Å². The molecule has 2 aromatic heterocycles. The number of aromatic nitrogens is 4. The highest BCUT2D eigenvalue weighted by Gasteiger charge is 2.10. The standard InChI is InChI=1S/C11H12BrN5S/c1-2-4-13-9-8(12)10(17-7-16-9)18-11-14-5-3-6-15-11/h3,5-7H,2,4H2,1H3,(H,13,16,17). The molecular weight excluding hydrogens is 314 g/mol. The molecule has 0 spiro atoms. The van der Waals surface area contributed by atoms with Crippen LogP contribution in [0.2, 0.25) is 0 Å². The van der Waals surface area contributed by atoms with Gasteiger partial charge in [-0.25, -0.2) is 19.9 Å². The molecule has 0 unspecified atom stereocenters. The molecule has 94 valence electrons. The van der Waals surface area contributed by atoms with Crippen LogP contribution < -0.4 is 5.32 Å². The summed E-state index contributed by atoms with van der Waals surface area (Å²) in [5.41, 5.74) is 0. The fraction of sp³-hybridized carbons (Fsp3) is 0.273. The minimum absolute atomic E-state index is 0.665. The normalized spacial score (nSPS) is 10.3. The van der Waals surface area contributed by atoms with Crippen LogP contribution in [0.25, 0.3) is 0 Å². The van der Waals surface area contributed by atoms with Crippen LogP contribution in [0.4, 0.5) is 5.82 Å². The lowest BCUT2D eigenvalue weighted by Gasteiger charge is -2.08. The Bertz CT molecular complexity index is 508. The van der Waals surface area contributed by atoms with Gasteiger partial charge in [0.2, 0.25) is 0 Å². The average Bonchev–Trinajstić information content (AvgIpc) is 2.41. The van der Waals surface area contributed by atoms with Crippen molar-refractivity contribution in [1.29, 1.82) is 0 Å². The Labute approximate surface area is 118 Å². The van der Waals surface area contributed by atoms with Gasteiger partial charge in [-0.1, -0.05) is 6.92 Å². The van der Waals surface area contributed by atoms with Crippen LogP contribution in [0.3, 0.4) is 0 Å². The first-order valence-electron chi connectivity index (χ1n) is 5.50. The number of anilines is 1. The van der Waals surface area contributed by atoms with E-state index < -0.39 is 0 Å². The lowest BCUT2D eigenvalue weighted by atomic mass is 10.4. The molecule has 1 N–H and O–H groups in total. The van der Waals surface area contributed by atoms with Crippen molar-refractivity contribution in [3.63, 3.8) is 0 Å². The number of rotatable bonds is 5. The smallest absolute Gasteiger partial charge is 0.193 e. The van der Waals surface area contributed by atoms with Gasteiger partial charge in [-0.15, -0.1) is 0 Å². The molecule has 18 heavy (non-hydrogen) atoms. The summed E-state index contributed by atoms with van der Waals surface area (Å²) in [6.07, 6.45) is 6.00. The molecule has 0 radical (unpaired) electrons. The Morgan fingerprint density at radius 3 is 2.72 bits per heavy atom. The fourth-order valence-corrected chi connectivity index (χ4v) is 2.49. The minimum atomic E-state index is 0.665. The summed E-state index contributed by atoms with van der Waals surface area (Å²) in [6, 6.07) is 1.79. The maximum atomic E-state index is 4.23. The highest BCUT2D eigenvalue weighted by Crippen LogP contribution is 2.32.